The number of carbonyl (C=O) groups excluding carboxylic acids is 1. The molecule has 0 aromatic carbocycles. The summed E-state index contributed by atoms with van der Waals surface area (Å²) in [5.74, 6) is 3.62. The van der Waals surface area contributed by atoms with Crippen LogP contribution in [-0.4, -0.2) is 73.1 Å². The van der Waals surface area contributed by atoms with E-state index in [0.717, 1.165) is 23.9 Å². The Bertz CT molecular complexity index is 1180. The van der Waals surface area contributed by atoms with Crippen LogP contribution in [0, 0.1) is 17.8 Å². The molecule has 2 aromatic heterocycles. The van der Waals surface area contributed by atoms with Gasteiger partial charge in [-0.1, -0.05) is 31.3 Å². The number of nitrogens with one attached hydrogen (secondary N) is 1. The fourth-order valence-corrected chi connectivity index (χ4v) is 6.26. The van der Waals surface area contributed by atoms with Crippen molar-refractivity contribution in [3.05, 3.63) is 5.82 Å². The fourth-order valence-electron chi connectivity index (χ4n) is 6.26. The van der Waals surface area contributed by atoms with Crippen LogP contribution >= 0.6 is 0 Å². The van der Waals surface area contributed by atoms with Crippen molar-refractivity contribution in [1.29, 1.82) is 0 Å². The minimum absolute atomic E-state index is 0.104. The van der Waals surface area contributed by atoms with Gasteiger partial charge in [-0.05, 0) is 57.3 Å². The number of fused-ring (bicyclic) bond motifs is 1. The maximum Gasteiger partial charge on any atom is 0.219 e. The molecule has 0 bridgehead atoms. The van der Waals surface area contributed by atoms with Gasteiger partial charge >= 0.3 is 0 Å². The number of imidazole rings is 1. The fraction of sp³-hybridized carbons (Fsp3) is 0.741. The molecule has 3 heterocycles. The molecule has 2 atom stereocenters. The SMILES string of the molecule is CC(=O)N1CCN(c2nc3nc(/C(N)=N/O)nc(N[C@H](C)C4CCC4)c3n2CC2CCC(C)CC2)[C@H](C)C1. The number of nitrogens with zero attached hydrogens (tertiary/aromatic N) is 7. The van der Waals surface area contributed by atoms with Crippen LogP contribution in [0.2, 0.25) is 0 Å². The molecule has 5 rings (SSSR count). The highest BCUT2D eigenvalue weighted by Gasteiger charge is 2.33. The summed E-state index contributed by atoms with van der Waals surface area (Å²) in [6.07, 6.45) is 8.55. The van der Waals surface area contributed by atoms with Gasteiger partial charge in [0.1, 0.15) is 5.52 Å². The van der Waals surface area contributed by atoms with Crippen molar-refractivity contribution in [2.45, 2.75) is 91.3 Å². The molecule has 2 aliphatic carbocycles. The standard InChI is InChI=1S/C27H43N9O2/c1-16-8-10-20(11-9-16)15-36-22-24(29-18(3)21-6-5-7-21)30-26(23(28)33-38)31-25(22)32-27(36)35-13-12-34(19(4)37)14-17(35)2/h16-18,20-21,38H,5-15H2,1-4H3,(H2,28,33)(H,29,30,31)/t16?,17-,18-,20?/m1/s1. The van der Waals surface area contributed by atoms with E-state index in [4.69, 9.17) is 15.7 Å². The number of oxime groups is 1. The Balaban J connectivity index is 1.60. The average molecular weight is 526 g/mol. The Labute approximate surface area is 224 Å². The van der Waals surface area contributed by atoms with E-state index in [1.165, 1.54) is 44.9 Å². The maximum atomic E-state index is 12.1. The third kappa shape index (κ3) is 5.24. The van der Waals surface area contributed by atoms with E-state index in [0.29, 0.717) is 42.9 Å². The molecular weight excluding hydrogens is 482 g/mol. The summed E-state index contributed by atoms with van der Waals surface area (Å²) < 4.78 is 2.31. The molecule has 3 fully saturated rings. The van der Waals surface area contributed by atoms with E-state index in [2.05, 4.69) is 45.7 Å². The lowest BCUT2D eigenvalue weighted by Gasteiger charge is -2.40. The van der Waals surface area contributed by atoms with Crippen molar-refractivity contribution in [3.63, 3.8) is 0 Å². The first-order valence-corrected chi connectivity index (χ1v) is 14.3. The first-order valence-electron chi connectivity index (χ1n) is 14.3. The highest BCUT2D eigenvalue weighted by molar-refractivity contribution is 5.97. The number of amidine groups is 1. The summed E-state index contributed by atoms with van der Waals surface area (Å²) >= 11 is 0. The van der Waals surface area contributed by atoms with E-state index >= 15 is 0 Å². The summed E-state index contributed by atoms with van der Waals surface area (Å²) in [6, 6.07) is 0.346. The monoisotopic (exact) mass is 525 g/mol. The van der Waals surface area contributed by atoms with E-state index in [-0.39, 0.29) is 29.7 Å². The van der Waals surface area contributed by atoms with Crippen LogP contribution in [-0.2, 0) is 11.3 Å². The minimum Gasteiger partial charge on any atom is -0.409 e. The molecule has 4 N–H and O–H groups in total. The lowest BCUT2D eigenvalue weighted by atomic mass is 9.80. The molecule has 0 unspecified atom stereocenters. The van der Waals surface area contributed by atoms with Gasteiger partial charge in [0.25, 0.3) is 0 Å². The number of rotatable bonds is 7. The topological polar surface area (TPSA) is 138 Å². The first-order chi connectivity index (χ1) is 18.2. The van der Waals surface area contributed by atoms with Crippen molar-refractivity contribution >= 4 is 34.7 Å². The second-order valence-electron chi connectivity index (χ2n) is 11.8. The van der Waals surface area contributed by atoms with Crippen LogP contribution in [0.5, 0.6) is 0 Å². The van der Waals surface area contributed by atoms with Crippen LogP contribution in [0.15, 0.2) is 5.16 Å². The number of carbonyl (C=O) groups is 1. The number of amides is 1. The van der Waals surface area contributed by atoms with Crippen LogP contribution in [0.3, 0.4) is 0 Å². The zero-order chi connectivity index (χ0) is 27.0. The Hall–Kier alpha value is -3.11. The summed E-state index contributed by atoms with van der Waals surface area (Å²) in [6.45, 7) is 11.2. The van der Waals surface area contributed by atoms with Crippen LogP contribution < -0.4 is 16.0 Å². The molecule has 1 amide bonds. The number of piperazine rings is 1. The maximum absolute atomic E-state index is 12.1. The Kier molecular flexibility index (Phi) is 7.63. The van der Waals surface area contributed by atoms with Crippen LogP contribution in [0.25, 0.3) is 11.2 Å². The highest BCUT2D eigenvalue weighted by Crippen LogP contribution is 2.36. The van der Waals surface area contributed by atoms with E-state index in [1.54, 1.807) is 6.92 Å². The van der Waals surface area contributed by atoms with Gasteiger partial charge in [0.05, 0.1) is 0 Å². The Morgan fingerprint density at radius 1 is 1.13 bits per heavy atom. The smallest absolute Gasteiger partial charge is 0.219 e. The van der Waals surface area contributed by atoms with Crippen molar-refractivity contribution in [1.82, 2.24) is 24.4 Å². The molecule has 11 heteroatoms. The number of hydrogen-bond acceptors (Lipinski definition) is 8. The van der Waals surface area contributed by atoms with Crippen molar-refractivity contribution < 1.29 is 10.0 Å². The largest absolute Gasteiger partial charge is 0.409 e. The molecule has 1 aliphatic heterocycles. The number of aromatic nitrogens is 4. The lowest BCUT2D eigenvalue weighted by Crippen LogP contribution is -2.54. The summed E-state index contributed by atoms with van der Waals surface area (Å²) in [5, 5.41) is 16.2. The molecule has 0 radical (unpaired) electrons. The molecule has 0 spiro atoms. The van der Waals surface area contributed by atoms with E-state index < -0.39 is 0 Å². The summed E-state index contributed by atoms with van der Waals surface area (Å²) in [5.41, 5.74) is 7.38. The van der Waals surface area contributed by atoms with Gasteiger partial charge in [-0.3, -0.25) is 4.79 Å². The van der Waals surface area contributed by atoms with Gasteiger partial charge < -0.3 is 30.6 Å². The first kappa shape index (κ1) is 26.5. The van der Waals surface area contributed by atoms with Crippen molar-refractivity contribution in [2.24, 2.45) is 28.6 Å². The van der Waals surface area contributed by atoms with Gasteiger partial charge in [-0.25, -0.2) is 9.97 Å². The molecule has 3 aliphatic rings. The molecular formula is C27H43N9O2. The van der Waals surface area contributed by atoms with Crippen LogP contribution in [0.4, 0.5) is 11.8 Å². The lowest BCUT2D eigenvalue weighted by molar-refractivity contribution is -0.129. The predicted octanol–water partition coefficient (Wildman–Crippen LogP) is 3.40. The van der Waals surface area contributed by atoms with Crippen molar-refractivity contribution in [3.8, 4) is 0 Å². The van der Waals surface area contributed by atoms with Crippen LogP contribution in [0.1, 0.15) is 78.5 Å². The molecule has 11 nitrogen and oxygen atoms in total. The summed E-state index contributed by atoms with van der Waals surface area (Å²) in [4.78, 5) is 30.7. The summed E-state index contributed by atoms with van der Waals surface area (Å²) in [7, 11) is 0. The predicted molar refractivity (Wildman–Crippen MR) is 148 cm³/mol. The third-order valence-electron chi connectivity index (χ3n) is 9.05. The zero-order valence-corrected chi connectivity index (χ0v) is 23.2. The van der Waals surface area contributed by atoms with Crippen molar-refractivity contribution in [2.75, 3.05) is 29.9 Å². The quantitative estimate of drug-likeness (QED) is 0.216. The number of anilines is 2. The van der Waals surface area contributed by atoms with Gasteiger partial charge in [-0.15, -0.1) is 0 Å². The van der Waals surface area contributed by atoms with Gasteiger partial charge in [0.15, 0.2) is 11.5 Å². The third-order valence-corrected chi connectivity index (χ3v) is 9.05. The highest BCUT2D eigenvalue weighted by atomic mass is 16.4. The van der Waals surface area contributed by atoms with E-state index in [9.17, 15) is 10.0 Å². The molecule has 38 heavy (non-hydrogen) atoms. The average Bonchev–Trinajstić information content (AvgIpc) is 3.21. The number of nitrogens with two attached hydrogens (primary N) is 1. The second kappa shape index (κ2) is 10.9. The Morgan fingerprint density at radius 3 is 2.47 bits per heavy atom. The normalized spacial score (nSPS) is 25.9. The molecule has 2 saturated carbocycles. The second-order valence-corrected chi connectivity index (χ2v) is 11.8. The van der Waals surface area contributed by atoms with Gasteiger partial charge in [0, 0.05) is 45.2 Å². The Morgan fingerprint density at radius 2 is 1.87 bits per heavy atom. The molecule has 1 saturated heterocycles. The molecule has 208 valence electrons. The van der Waals surface area contributed by atoms with Gasteiger partial charge in [0.2, 0.25) is 23.5 Å². The molecule has 2 aromatic rings. The number of hydrogen-bond donors (Lipinski definition) is 3. The van der Waals surface area contributed by atoms with E-state index in [1.807, 2.05) is 4.90 Å². The zero-order valence-electron chi connectivity index (χ0n) is 23.2. The minimum atomic E-state index is -0.132. The van der Waals surface area contributed by atoms with Gasteiger partial charge in [-0.2, -0.15) is 4.98 Å².